The fraction of sp³-hybridized carbons (Fsp3) is 0.417. The van der Waals surface area contributed by atoms with Crippen LogP contribution >= 0.6 is 38.6 Å². The smallest absolute Gasteiger partial charge is 0.0794 e. The Balaban J connectivity index is 2.05. The van der Waals surface area contributed by atoms with Crippen LogP contribution in [0.1, 0.15) is 29.1 Å². The highest BCUT2D eigenvalue weighted by Crippen LogP contribution is 2.27. The number of thiazole rings is 1. The van der Waals surface area contributed by atoms with Crippen LogP contribution in [0.4, 0.5) is 0 Å². The van der Waals surface area contributed by atoms with Gasteiger partial charge < -0.3 is 5.32 Å². The first-order valence-electron chi connectivity index (χ1n) is 5.64. The van der Waals surface area contributed by atoms with E-state index < -0.39 is 0 Å². The van der Waals surface area contributed by atoms with Gasteiger partial charge in [-0.25, -0.2) is 0 Å². The van der Waals surface area contributed by atoms with Gasteiger partial charge in [0.2, 0.25) is 0 Å². The van der Waals surface area contributed by atoms with E-state index >= 15 is 0 Å². The molecule has 0 aromatic carbocycles. The maximum Gasteiger partial charge on any atom is 0.0794 e. The lowest BCUT2D eigenvalue weighted by Gasteiger charge is -2.15. The van der Waals surface area contributed by atoms with Gasteiger partial charge in [0.05, 0.1) is 5.51 Å². The first-order chi connectivity index (χ1) is 8.29. The Morgan fingerprint density at radius 3 is 2.94 bits per heavy atom. The minimum atomic E-state index is 0.396. The molecule has 2 nitrogen and oxygen atoms in total. The second kappa shape index (κ2) is 6.64. The van der Waals surface area contributed by atoms with Crippen LogP contribution in [0.25, 0.3) is 0 Å². The lowest BCUT2D eigenvalue weighted by molar-refractivity contribution is 0.539. The molecule has 0 fully saturated rings. The summed E-state index contributed by atoms with van der Waals surface area (Å²) >= 11 is 7.04. The summed E-state index contributed by atoms with van der Waals surface area (Å²) < 4.78 is 1.18. The van der Waals surface area contributed by atoms with Crippen LogP contribution in [-0.4, -0.2) is 11.5 Å². The van der Waals surface area contributed by atoms with Crippen molar-refractivity contribution in [2.24, 2.45) is 0 Å². The SMILES string of the molecule is CCCNC(Cc1cc(Br)cs1)c1cncs1. The maximum atomic E-state index is 4.17. The highest BCUT2D eigenvalue weighted by atomic mass is 79.9. The molecule has 0 aliphatic carbocycles. The van der Waals surface area contributed by atoms with Crippen molar-refractivity contribution in [1.29, 1.82) is 0 Å². The summed E-state index contributed by atoms with van der Waals surface area (Å²) in [6, 6.07) is 2.60. The van der Waals surface area contributed by atoms with Gasteiger partial charge in [-0.1, -0.05) is 6.92 Å². The zero-order valence-electron chi connectivity index (χ0n) is 9.65. The third-order valence-electron chi connectivity index (χ3n) is 2.46. The second-order valence-electron chi connectivity index (χ2n) is 3.85. The molecule has 0 saturated heterocycles. The molecular weight excluding hydrogens is 316 g/mol. The summed E-state index contributed by atoms with van der Waals surface area (Å²) in [7, 11) is 0. The van der Waals surface area contributed by atoms with Crippen LogP contribution in [0.5, 0.6) is 0 Å². The molecule has 0 saturated carbocycles. The molecule has 2 aromatic heterocycles. The lowest BCUT2D eigenvalue weighted by atomic mass is 10.1. The van der Waals surface area contributed by atoms with Crippen LogP contribution in [0.3, 0.4) is 0 Å². The Hall–Kier alpha value is -0.230. The van der Waals surface area contributed by atoms with Crippen LogP contribution in [0, 0.1) is 0 Å². The number of halogens is 1. The topological polar surface area (TPSA) is 24.9 Å². The van der Waals surface area contributed by atoms with Gasteiger partial charge in [-0.2, -0.15) is 0 Å². The van der Waals surface area contributed by atoms with E-state index in [-0.39, 0.29) is 0 Å². The Labute approximate surface area is 118 Å². The van der Waals surface area contributed by atoms with Crippen LogP contribution in [0.2, 0.25) is 0 Å². The average Bonchev–Trinajstić information content (AvgIpc) is 2.95. The largest absolute Gasteiger partial charge is 0.309 e. The summed E-state index contributed by atoms with van der Waals surface area (Å²) in [5, 5.41) is 5.73. The number of hydrogen-bond donors (Lipinski definition) is 1. The molecule has 2 aromatic rings. The highest BCUT2D eigenvalue weighted by Gasteiger charge is 2.14. The molecule has 1 N–H and O–H groups in total. The molecule has 0 spiro atoms. The lowest BCUT2D eigenvalue weighted by Crippen LogP contribution is -2.23. The van der Waals surface area contributed by atoms with E-state index in [1.54, 1.807) is 22.7 Å². The van der Waals surface area contributed by atoms with Crippen molar-refractivity contribution in [3.05, 3.63) is 37.4 Å². The number of hydrogen-bond acceptors (Lipinski definition) is 4. The number of nitrogens with zero attached hydrogens (tertiary/aromatic N) is 1. The molecule has 1 unspecified atom stereocenters. The van der Waals surface area contributed by atoms with Gasteiger partial charge in [0.25, 0.3) is 0 Å². The van der Waals surface area contributed by atoms with Gasteiger partial charge in [0, 0.05) is 38.3 Å². The van der Waals surface area contributed by atoms with Crippen LogP contribution < -0.4 is 5.32 Å². The zero-order valence-corrected chi connectivity index (χ0v) is 12.9. The molecule has 0 amide bonds. The van der Waals surface area contributed by atoms with E-state index in [9.17, 15) is 0 Å². The van der Waals surface area contributed by atoms with Gasteiger partial charge in [-0.15, -0.1) is 22.7 Å². The Morgan fingerprint density at radius 2 is 2.35 bits per heavy atom. The summed E-state index contributed by atoms with van der Waals surface area (Å²) in [4.78, 5) is 6.89. The van der Waals surface area contributed by atoms with Crippen molar-refractivity contribution < 1.29 is 0 Å². The highest BCUT2D eigenvalue weighted by molar-refractivity contribution is 9.10. The monoisotopic (exact) mass is 330 g/mol. The van der Waals surface area contributed by atoms with Crippen molar-refractivity contribution in [1.82, 2.24) is 10.3 Å². The fourth-order valence-corrected chi connectivity index (χ4v) is 3.85. The molecule has 2 rings (SSSR count). The summed E-state index contributed by atoms with van der Waals surface area (Å²) in [6.45, 7) is 3.24. The van der Waals surface area contributed by atoms with Crippen molar-refractivity contribution in [3.63, 3.8) is 0 Å². The van der Waals surface area contributed by atoms with Gasteiger partial charge in [0.15, 0.2) is 0 Å². The summed E-state index contributed by atoms with van der Waals surface area (Å²) in [5.41, 5.74) is 1.90. The summed E-state index contributed by atoms with van der Waals surface area (Å²) in [6.07, 6.45) is 4.17. The molecule has 2 heterocycles. The fourth-order valence-electron chi connectivity index (χ4n) is 1.65. The molecule has 5 heteroatoms. The molecule has 0 radical (unpaired) electrons. The average molecular weight is 331 g/mol. The molecule has 1 atom stereocenters. The first-order valence-corrected chi connectivity index (χ1v) is 8.19. The van der Waals surface area contributed by atoms with E-state index in [0.29, 0.717) is 6.04 Å². The Bertz CT molecular complexity index is 439. The van der Waals surface area contributed by atoms with Gasteiger partial charge in [-0.05, 0) is 35.0 Å². The van der Waals surface area contributed by atoms with E-state index in [1.807, 2.05) is 11.7 Å². The molecule has 0 aliphatic rings. The third kappa shape index (κ3) is 3.88. The molecule has 17 heavy (non-hydrogen) atoms. The Kier molecular flexibility index (Phi) is 5.16. The van der Waals surface area contributed by atoms with Gasteiger partial charge in [0.1, 0.15) is 0 Å². The Morgan fingerprint density at radius 1 is 1.47 bits per heavy atom. The molecule has 92 valence electrons. The first kappa shape index (κ1) is 13.2. The number of rotatable bonds is 6. The van der Waals surface area contributed by atoms with Crippen molar-refractivity contribution in [3.8, 4) is 0 Å². The zero-order chi connectivity index (χ0) is 12.1. The van der Waals surface area contributed by atoms with Crippen molar-refractivity contribution in [2.45, 2.75) is 25.8 Å². The second-order valence-corrected chi connectivity index (χ2v) is 6.68. The van der Waals surface area contributed by atoms with Crippen molar-refractivity contribution >= 4 is 38.6 Å². The van der Waals surface area contributed by atoms with Gasteiger partial charge in [-0.3, -0.25) is 4.98 Å². The minimum absolute atomic E-state index is 0.396. The molecular formula is C12H15BrN2S2. The molecule has 0 aliphatic heterocycles. The van der Waals surface area contributed by atoms with E-state index in [1.165, 1.54) is 14.2 Å². The van der Waals surface area contributed by atoms with Crippen molar-refractivity contribution in [2.75, 3.05) is 6.54 Å². The quantitative estimate of drug-likeness (QED) is 0.856. The van der Waals surface area contributed by atoms with Crippen LogP contribution in [0.15, 0.2) is 27.6 Å². The number of nitrogens with one attached hydrogen (secondary N) is 1. The number of thiophene rings is 1. The van der Waals surface area contributed by atoms with Gasteiger partial charge >= 0.3 is 0 Å². The number of aromatic nitrogens is 1. The maximum absolute atomic E-state index is 4.17. The molecule has 0 bridgehead atoms. The standard InChI is InChI=1S/C12H15BrN2S2/c1-2-3-15-11(12-6-14-8-17-12)5-10-4-9(13)7-16-10/h4,6-8,11,15H,2-3,5H2,1H3. The normalized spacial score (nSPS) is 12.8. The minimum Gasteiger partial charge on any atom is -0.309 e. The summed E-state index contributed by atoms with van der Waals surface area (Å²) in [5.74, 6) is 0. The van der Waals surface area contributed by atoms with Crippen LogP contribution in [-0.2, 0) is 6.42 Å². The van der Waals surface area contributed by atoms with E-state index in [2.05, 4.69) is 44.6 Å². The van der Waals surface area contributed by atoms with E-state index in [4.69, 9.17) is 0 Å². The third-order valence-corrected chi connectivity index (χ3v) is 5.07. The van der Waals surface area contributed by atoms with E-state index in [0.717, 1.165) is 19.4 Å². The predicted octanol–water partition coefficient (Wildman–Crippen LogP) is 4.25. The predicted molar refractivity (Wildman–Crippen MR) is 78.9 cm³/mol.